The molecule has 0 bridgehead atoms. The molecule has 0 saturated heterocycles. The van der Waals surface area contributed by atoms with E-state index in [1.165, 1.54) is 41.5 Å². The van der Waals surface area contributed by atoms with Crippen molar-refractivity contribution < 1.29 is 4.79 Å². The molecule has 0 aromatic heterocycles. The third-order valence-electron chi connectivity index (χ3n) is 4.79. The van der Waals surface area contributed by atoms with Gasteiger partial charge in [0.05, 0.1) is 6.04 Å². The lowest BCUT2D eigenvalue weighted by Gasteiger charge is -2.20. The van der Waals surface area contributed by atoms with E-state index in [1.807, 2.05) is 25.1 Å². The second kappa shape index (κ2) is 8.02. The second-order valence-electron chi connectivity index (χ2n) is 6.82. The molecule has 1 aliphatic carbocycles. The van der Waals surface area contributed by atoms with Gasteiger partial charge in [-0.1, -0.05) is 48.0 Å². The van der Waals surface area contributed by atoms with Gasteiger partial charge in [-0.2, -0.15) is 0 Å². The van der Waals surface area contributed by atoms with E-state index in [0.717, 1.165) is 12.0 Å². The normalized spacial score (nSPS) is 14.8. The summed E-state index contributed by atoms with van der Waals surface area (Å²) in [4.78, 5) is 12.1. The van der Waals surface area contributed by atoms with Crippen molar-refractivity contribution in [3.05, 3.63) is 76.5 Å². The number of amides is 2. The molecule has 0 aliphatic heterocycles. The molecule has 0 heterocycles. The summed E-state index contributed by atoms with van der Waals surface area (Å²) in [6.45, 7) is 4.08. The summed E-state index contributed by atoms with van der Waals surface area (Å²) in [5.41, 5.74) is 6.36. The van der Waals surface area contributed by atoms with E-state index in [2.05, 4.69) is 47.9 Å². The molecule has 2 aromatic carbocycles. The van der Waals surface area contributed by atoms with Crippen LogP contribution in [0.4, 0.5) is 4.79 Å². The Morgan fingerprint density at radius 1 is 1.04 bits per heavy atom. The van der Waals surface area contributed by atoms with Crippen LogP contribution in [0.5, 0.6) is 0 Å². The van der Waals surface area contributed by atoms with Gasteiger partial charge in [0.2, 0.25) is 0 Å². The smallest absolute Gasteiger partial charge is 0.319 e. The molecule has 2 N–H and O–H groups in total. The first kappa shape index (κ1) is 17.3. The number of hydrogen-bond donors (Lipinski definition) is 2. The van der Waals surface area contributed by atoms with Crippen LogP contribution in [-0.4, -0.2) is 6.03 Å². The van der Waals surface area contributed by atoms with E-state index >= 15 is 0 Å². The minimum atomic E-state index is -0.186. The van der Waals surface area contributed by atoms with Crippen molar-refractivity contribution in [1.82, 2.24) is 10.6 Å². The zero-order valence-corrected chi connectivity index (χ0v) is 15.0. The molecular formula is C22H26N2O. The van der Waals surface area contributed by atoms with E-state index in [-0.39, 0.29) is 12.1 Å². The lowest BCUT2D eigenvalue weighted by Crippen LogP contribution is -2.34. The third-order valence-corrected chi connectivity index (χ3v) is 4.79. The minimum Gasteiger partial charge on any atom is -0.331 e. The molecule has 1 aliphatic rings. The summed E-state index contributed by atoms with van der Waals surface area (Å²) in [5, 5.41) is 5.78. The van der Waals surface area contributed by atoms with E-state index < -0.39 is 0 Å². The number of aryl methyl sites for hydroxylation is 3. The van der Waals surface area contributed by atoms with Crippen LogP contribution >= 0.6 is 0 Å². The first-order chi connectivity index (χ1) is 12.1. The molecule has 1 atom stereocenters. The molecule has 0 spiro atoms. The maximum Gasteiger partial charge on any atom is 0.319 e. The Labute approximate surface area is 150 Å². The maximum atomic E-state index is 12.1. The number of urea groups is 1. The molecule has 0 fully saturated rings. The van der Waals surface area contributed by atoms with Gasteiger partial charge >= 0.3 is 6.03 Å². The van der Waals surface area contributed by atoms with Crippen LogP contribution in [-0.2, 0) is 12.8 Å². The number of carbonyl (C=O) groups excluding carboxylic acids is 1. The summed E-state index contributed by atoms with van der Waals surface area (Å²) in [6, 6.07) is 14.6. The van der Waals surface area contributed by atoms with Gasteiger partial charge in [-0.15, -0.1) is 0 Å². The monoisotopic (exact) mass is 334 g/mol. The number of benzene rings is 2. The van der Waals surface area contributed by atoms with Gasteiger partial charge in [0.1, 0.15) is 0 Å². The zero-order valence-electron chi connectivity index (χ0n) is 15.0. The molecule has 25 heavy (non-hydrogen) atoms. The first-order valence-corrected chi connectivity index (χ1v) is 9.04. The molecule has 3 rings (SSSR count). The van der Waals surface area contributed by atoms with Gasteiger partial charge in [0, 0.05) is 6.20 Å². The van der Waals surface area contributed by atoms with Crippen LogP contribution in [0.3, 0.4) is 0 Å². The Hall–Kier alpha value is -2.55. The standard InChI is InChI=1S/C22H26N2O/c1-16-7-9-18(10-8-16)13-14-23-22(25)24-17(2)20-12-11-19-5-3-4-6-21(19)15-20/h7-15,17H,3-6H2,1-2H3,(H2,23,24,25)/b14-13+. The van der Waals surface area contributed by atoms with Crippen LogP contribution in [0.1, 0.15) is 53.6 Å². The van der Waals surface area contributed by atoms with Gasteiger partial charge in [-0.05, 0) is 67.9 Å². The SMILES string of the molecule is Cc1ccc(/C=C/NC(=O)NC(C)c2ccc3c(c2)CCCC3)cc1. The lowest BCUT2D eigenvalue weighted by atomic mass is 9.89. The lowest BCUT2D eigenvalue weighted by molar-refractivity contribution is 0.241. The fourth-order valence-corrected chi connectivity index (χ4v) is 3.24. The fraction of sp³-hybridized carbons (Fsp3) is 0.318. The fourth-order valence-electron chi connectivity index (χ4n) is 3.24. The quantitative estimate of drug-likeness (QED) is 0.820. The zero-order chi connectivity index (χ0) is 17.6. The van der Waals surface area contributed by atoms with Gasteiger partial charge in [0.25, 0.3) is 0 Å². The van der Waals surface area contributed by atoms with Crippen molar-refractivity contribution >= 4 is 12.1 Å². The molecular weight excluding hydrogens is 308 g/mol. The Bertz CT molecular complexity index is 762. The highest BCUT2D eigenvalue weighted by Gasteiger charge is 2.13. The molecule has 0 radical (unpaired) electrons. The topological polar surface area (TPSA) is 41.1 Å². The van der Waals surface area contributed by atoms with E-state index in [0.29, 0.717) is 0 Å². The summed E-state index contributed by atoms with van der Waals surface area (Å²) in [6.07, 6.45) is 8.46. The summed E-state index contributed by atoms with van der Waals surface area (Å²) in [5.74, 6) is 0. The molecule has 1 unspecified atom stereocenters. The summed E-state index contributed by atoms with van der Waals surface area (Å²) < 4.78 is 0. The van der Waals surface area contributed by atoms with Crippen molar-refractivity contribution in [3.8, 4) is 0 Å². The van der Waals surface area contributed by atoms with Crippen LogP contribution in [0.25, 0.3) is 6.08 Å². The van der Waals surface area contributed by atoms with Crippen molar-refractivity contribution in [2.75, 3.05) is 0 Å². The minimum absolute atomic E-state index is 0.0139. The summed E-state index contributed by atoms with van der Waals surface area (Å²) in [7, 11) is 0. The highest BCUT2D eigenvalue weighted by Crippen LogP contribution is 2.24. The molecule has 3 heteroatoms. The van der Waals surface area contributed by atoms with Crippen molar-refractivity contribution in [3.63, 3.8) is 0 Å². The highest BCUT2D eigenvalue weighted by atomic mass is 16.2. The first-order valence-electron chi connectivity index (χ1n) is 9.04. The Morgan fingerprint density at radius 3 is 2.52 bits per heavy atom. The molecule has 2 aromatic rings. The van der Waals surface area contributed by atoms with Gasteiger partial charge < -0.3 is 10.6 Å². The van der Waals surface area contributed by atoms with Gasteiger partial charge in [-0.25, -0.2) is 4.79 Å². The second-order valence-corrected chi connectivity index (χ2v) is 6.82. The molecule has 0 saturated carbocycles. The van der Waals surface area contributed by atoms with Crippen molar-refractivity contribution in [2.45, 2.75) is 45.6 Å². The van der Waals surface area contributed by atoms with Gasteiger partial charge in [-0.3, -0.25) is 0 Å². The van der Waals surface area contributed by atoms with E-state index in [9.17, 15) is 4.79 Å². The maximum absolute atomic E-state index is 12.1. The molecule has 3 nitrogen and oxygen atoms in total. The number of rotatable bonds is 4. The van der Waals surface area contributed by atoms with Crippen molar-refractivity contribution in [2.24, 2.45) is 0 Å². The summed E-state index contributed by atoms with van der Waals surface area (Å²) >= 11 is 0. The van der Waals surface area contributed by atoms with Crippen LogP contribution in [0.15, 0.2) is 48.7 Å². The van der Waals surface area contributed by atoms with E-state index in [4.69, 9.17) is 0 Å². The predicted octanol–water partition coefficient (Wildman–Crippen LogP) is 4.90. The van der Waals surface area contributed by atoms with Crippen molar-refractivity contribution in [1.29, 1.82) is 0 Å². The van der Waals surface area contributed by atoms with Crippen LogP contribution in [0, 0.1) is 6.92 Å². The third kappa shape index (κ3) is 4.72. The van der Waals surface area contributed by atoms with Crippen LogP contribution in [0.2, 0.25) is 0 Å². The molecule has 2 amide bonds. The molecule has 130 valence electrons. The number of carbonyl (C=O) groups is 1. The average Bonchev–Trinajstić information content (AvgIpc) is 2.63. The largest absolute Gasteiger partial charge is 0.331 e. The average molecular weight is 334 g/mol. The highest BCUT2D eigenvalue weighted by molar-refractivity contribution is 5.76. The van der Waals surface area contributed by atoms with E-state index in [1.54, 1.807) is 6.20 Å². The Morgan fingerprint density at radius 2 is 1.76 bits per heavy atom. The number of fused-ring (bicyclic) bond motifs is 1. The van der Waals surface area contributed by atoms with Crippen LogP contribution < -0.4 is 10.6 Å². The number of nitrogens with one attached hydrogen (secondary N) is 2. The Kier molecular flexibility index (Phi) is 5.54. The number of hydrogen-bond acceptors (Lipinski definition) is 1. The van der Waals surface area contributed by atoms with Gasteiger partial charge in [0.15, 0.2) is 0 Å². The predicted molar refractivity (Wildman–Crippen MR) is 103 cm³/mol. The Balaban J connectivity index is 1.54.